The van der Waals surface area contributed by atoms with Crippen LogP contribution in [0, 0.1) is 29.4 Å². The summed E-state index contributed by atoms with van der Waals surface area (Å²) in [6.45, 7) is -1.75. The zero-order valence-corrected chi connectivity index (χ0v) is 41.1. The van der Waals surface area contributed by atoms with Gasteiger partial charge in [0.05, 0.1) is 41.0 Å². The van der Waals surface area contributed by atoms with Crippen molar-refractivity contribution in [3.05, 3.63) is 93.0 Å². The van der Waals surface area contributed by atoms with Crippen molar-refractivity contribution in [2.45, 2.75) is 74.8 Å². The Labute approximate surface area is 413 Å². The molecule has 392 valence electrons. The van der Waals surface area contributed by atoms with Gasteiger partial charge in [-0.2, -0.15) is 49.6 Å². The summed E-state index contributed by atoms with van der Waals surface area (Å²) in [5.41, 5.74) is -6.09. The third-order valence-corrected chi connectivity index (χ3v) is 15.2. The number of amides is 3. The van der Waals surface area contributed by atoms with Crippen molar-refractivity contribution in [1.82, 2.24) is 34.8 Å². The van der Waals surface area contributed by atoms with Gasteiger partial charge in [0.1, 0.15) is 47.4 Å². The molecule has 3 aromatic heterocycles. The van der Waals surface area contributed by atoms with E-state index in [4.69, 9.17) is 11.6 Å². The normalized spacial score (nSPS) is 16.8. The Morgan fingerprint density at radius 3 is 2.16 bits per heavy atom. The number of nitrogens with zero attached hydrogens (tertiary/aromatic N) is 7. The summed E-state index contributed by atoms with van der Waals surface area (Å²) in [4.78, 5) is 45.2. The summed E-state index contributed by atoms with van der Waals surface area (Å²) < 4.78 is 202. The van der Waals surface area contributed by atoms with Gasteiger partial charge < -0.3 is 15.0 Å². The van der Waals surface area contributed by atoms with E-state index in [1.165, 1.54) is 13.8 Å². The van der Waals surface area contributed by atoms with E-state index in [-0.39, 0.29) is 36.9 Å². The first-order valence-electron chi connectivity index (χ1n) is 21.2. The van der Waals surface area contributed by atoms with Crippen LogP contribution >= 0.6 is 11.6 Å². The quantitative estimate of drug-likeness (QED) is 0.0707. The number of halogens is 11. The number of likely N-dealkylation sites (N-methyl/N-ethyl adjacent to an activating group) is 1. The number of carbonyl (C=O) groups is 3. The molecule has 7 rings (SSSR count). The van der Waals surface area contributed by atoms with Gasteiger partial charge in [0.2, 0.25) is 15.9 Å². The van der Waals surface area contributed by atoms with Crippen LogP contribution in [-0.4, -0.2) is 108 Å². The van der Waals surface area contributed by atoms with E-state index in [2.05, 4.69) is 37.1 Å². The molecule has 29 heteroatoms. The van der Waals surface area contributed by atoms with E-state index in [1.807, 2.05) is 0 Å². The van der Waals surface area contributed by atoms with Crippen molar-refractivity contribution in [2.75, 3.05) is 37.5 Å². The molecule has 3 heterocycles. The molecule has 5 aromatic rings. The maximum Gasteiger partial charge on any atom is 0.435 e. The lowest BCUT2D eigenvalue weighted by atomic mass is 9.93. The van der Waals surface area contributed by atoms with Crippen molar-refractivity contribution in [3.8, 4) is 23.0 Å². The predicted octanol–water partition coefficient (Wildman–Crippen LogP) is 7.28. The van der Waals surface area contributed by atoms with E-state index in [0.29, 0.717) is 17.2 Å². The molecule has 1 N–H and O–H groups in total. The number of ether oxygens (including phenoxy) is 1. The molecule has 0 spiro atoms. The standard InChI is InChI=1S/C44H39ClF10N8O8S2/c1-41(2,72(5,67)68)12-11-24-7-8-25(26-9-10-29(45)34-36(26)62(20-42(48,49)50)59-39(34)63(73(6,69)70)40(66)60(3)19-32(65)71-4)35(56-24)30(15-21-13-22(46)16-23(47)14-21)57-31(64)18-61-38-33(37(58-61)44(53,54)55)27-17-28(27)43(38,51)52/h7-10,13-14,16,27-28,30H,15,17-20H2,1-6H3,(H,57,64)/t27-,28+,30?/m0/s1. The number of nitrogens with one attached hydrogen (secondary N) is 1. The molecule has 16 nitrogen and oxygen atoms in total. The molecule has 1 saturated carbocycles. The minimum absolute atomic E-state index is 0.0348. The van der Waals surface area contributed by atoms with Gasteiger partial charge in [0, 0.05) is 42.0 Å². The Bertz CT molecular complexity index is 3390. The Kier molecular flexibility index (Phi) is 14.0. The molecule has 2 aliphatic rings. The van der Waals surface area contributed by atoms with E-state index in [0.717, 1.165) is 56.8 Å². The molecule has 1 unspecified atom stereocenters. The van der Waals surface area contributed by atoms with Gasteiger partial charge >= 0.3 is 24.4 Å². The van der Waals surface area contributed by atoms with E-state index < -0.39 is 166 Å². The molecule has 0 saturated heterocycles. The van der Waals surface area contributed by atoms with Gasteiger partial charge in [-0.1, -0.05) is 23.6 Å². The number of urea groups is 1. The summed E-state index contributed by atoms with van der Waals surface area (Å²) in [7, 11) is -6.91. The van der Waals surface area contributed by atoms with E-state index in [1.54, 1.807) is 0 Å². The van der Waals surface area contributed by atoms with Crippen LogP contribution < -0.4 is 9.62 Å². The molecule has 2 aromatic carbocycles. The van der Waals surface area contributed by atoms with Crippen LogP contribution in [0.25, 0.3) is 22.0 Å². The third kappa shape index (κ3) is 10.9. The highest BCUT2D eigenvalue weighted by atomic mass is 35.5. The fourth-order valence-electron chi connectivity index (χ4n) is 8.27. The van der Waals surface area contributed by atoms with Crippen molar-refractivity contribution < 1.29 is 79.9 Å². The number of rotatable bonds is 13. The number of esters is 1. The second kappa shape index (κ2) is 18.8. The summed E-state index contributed by atoms with van der Waals surface area (Å²) in [6.07, 6.45) is -10.0. The van der Waals surface area contributed by atoms with Gasteiger partial charge in [0.25, 0.3) is 5.92 Å². The molecule has 0 aliphatic heterocycles. The highest BCUT2D eigenvalue weighted by molar-refractivity contribution is 7.93. The van der Waals surface area contributed by atoms with Crippen LogP contribution in [0.3, 0.4) is 0 Å². The summed E-state index contributed by atoms with van der Waals surface area (Å²) in [6, 6.07) is 3.09. The molecule has 2 aliphatic carbocycles. The molecule has 1 fully saturated rings. The summed E-state index contributed by atoms with van der Waals surface area (Å²) >= 11 is 6.63. The fourth-order valence-corrected chi connectivity index (χ4v) is 9.61. The van der Waals surface area contributed by atoms with Crippen molar-refractivity contribution >= 4 is 66.1 Å². The Hall–Kier alpha value is -6.47. The molecule has 0 bridgehead atoms. The number of hydrogen-bond donors (Lipinski definition) is 1. The number of benzene rings is 2. The number of aromatic nitrogens is 5. The SMILES string of the molecule is COC(=O)CN(C)C(=O)N(c1nn(CC(F)(F)F)c2c(-c3ccc(C#CC(C)(C)S(C)(=O)=O)nc3C(Cc3cc(F)cc(F)c3)NC(=O)Cn3nc(C(F)(F)F)c4c3C(F)(F)[C@@H]3C[C@H]43)ccc(Cl)c12)S(C)(=O)=O. The van der Waals surface area contributed by atoms with Crippen molar-refractivity contribution in [1.29, 1.82) is 0 Å². The third-order valence-electron chi connectivity index (χ3n) is 11.9. The van der Waals surface area contributed by atoms with Gasteiger partial charge in [-0.3, -0.25) is 19.0 Å². The average molecular weight is 1100 g/mol. The minimum atomic E-state index is -5.23. The van der Waals surface area contributed by atoms with Crippen LogP contribution in [0.5, 0.6) is 0 Å². The first-order valence-corrected chi connectivity index (χ1v) is 25.3. The first kappa shape index (κ1) is 54.3. The number of sulfone groups is 1. The maximum atomic E-state index is 15.6. The maximum absolute atomic E-state index is 15.6. The first-order chi connectivity index (χ1) is 33.5. The number of carbonyl (C=O) groups excluding carboxylic acids is 3. The molecule has 3 atom stereocenters. The number of methoxy groups -OCH3 is 1. The predicted molar refractivity (Wildman–Crippen MR) is 240 cm³/mol. The highest BCUT2D eigenvalue weighted by Crippen LogP contribution is 2.68. The number of anilines is 1. The Morgan fingerprint density at radius 1 is 0.959 bits per heavy atom. The van der Waals surface area contributed by atoms with E-state index >= 15 is 8.78 Å². The second-order valence-electron chi connectivity index (χ2n) is 17.8. The zero-order chi connectivity index (χ0) is 54.3. The molecule has 73 heavy (non-hydrogen) atoms. The van der Waals surface area contributed by atoms with E-state index in [9.17, 15) is 66.3 Å². The Balaban J connectivity index is 1.49. The minimum Gasteiger partial charge on any atom is -0.468 e. The number of pyridine rings is 1. The lowest BCUT2D eigenvalue weighted by Gasteiger charge is -2.24. The van der Waals surface area contributed by atoms with Crippen LogP contribution in [0.4, 0.5) is 54.5 Å². The highest BCUT2D eigenvalue weighted by Gasteiger charge is 2.68. The second-order valence-corrected chi connectivity index (χ2v) is 22.6. The van der Waals surface area contributed by atoms with Crippen LogP contribution in [0.2, 0.25) is 5.02 Å². The lowest BCUT2D eigenvalue weighted by Crippen LogP contribution is -2.46. The molecule has 3 amide bonds. The van der Waals surface area contributed by atoms with Crippen LogP contribution in [0.1, 0.15) is 66.1 Å². The van der Waals surface area contributed by atoms with Gasteiger partial charge in [-0.15, -0.1) is 0 Å². The van der Waals surface area contributed by atoms with Gasteiger partial charge in [0.15, 0.2) is 21.3 Å². The smallest absolute Gasteiger partial charge is 0.435 e. The topological polar surface area (TPSA) is 196 Å². The number of hydrogen-bond acceptors (Lipinski definition) is 11. The van der Waals surface area contributed by atoms with Gasteiger partial charge in [-0.25, -0.2) is 35.4 Å². The summed E-state index contributed by atoms with van der Waals surface area (Å²) in [5.74, 6) is -7.22. The lowest BCUT2D eigenvalue weighted by molar-refractivity contribution is -0.143. The van der Waals surface area contributed by atoms with Crippen molar-refractivity contribution in [3.63, 3.8) is 0 Å². The number of fused-ring (bicyclic) bond motifs is 4. The van der Waals surface area contributed by atoms with Crippen molar-refractivity contribution in [2.24, 2.45) is 5.92 Å². The number of alkyl halides is 8. The molecular formula is C44H39ClF10N8O8S2. The fraction of sp³-hybridized carbons (Fsp3) is 0.409. The van der Waals surface area contributed by atoms with Crippen LogP contribution in [0.15, 0.2) is 42.5 Å². The Morgan fingerprint density at radius 2 is 1.59 bits per heavy atom. The van der Waals surface area contributed by atoms with Gasteiger partial charge in [-0.05, 0) is 74.4 Å². The molecule has 0 radical (unpaired) electrons. The number of sulfonamides is 1. The zero-order valence-electron chi connectivity index (χ0n) is 38.7. The molecular weight excluding hydrogens is 1060 g/mol. The summed E-state index contributed by atoms with van der Waals surface area (Å²) in [5, 5.41) is 8.53. The monoisotopic (exact) mass is 1100 g/mol. The van der Waals surface area contributed by atoms with Crippen LogP contribution in [-0.2, 0) is 65.8 Å². The largest absolute Gasteiger partial charge is 0.468 e. The average Bonchev–Trinajstić information content (AvgIpc) is 3.76.